The summed E-state index contributed by atoms with van der Waals surface area (Å²) in [5.41, 5.74) is -3.34. The molecule has 1 atom stereocenters. The summed E-state index contributed by atoms with van der Waals surface area (Å²) in [4.78, 5) is 23.9. The quantitative estimate of drug-likeness (QED) is 0.787. The van der Waals surface area contributed by atoms with Crippen molar-refractivity contribution < 1.29 is 28.2 Å². The number of β-amino-alcohol motifs (C(OH)–C–C–N with tert-alkyl or cyclic N) is 1. The molecular weight excluding hydrogens is 274 g/mol. The molecule has 8 heteroatoms. The molecule has 1 aliphatic rings. The van der Waals surface area contributed by atoms with Crippen molar-refractivity contribution in [3.05, 3.63) is 0 Å². The number of ether oxygens (including phenoxy) is 1. The highest BCUT2D eigenvalue weighted by Gasteiger charge is 2.61. The van der Waals surface area contributed by atoms with Gasteiger partial charge in [0.2, 0.25) is 0 Å². The van der Waals surface area contributed by atoms with Gasteiger partial charge in [-0.2, -0.15) is 8.78 Å². The maximum atomic E-state index is 13.8. The van der Waals surface area contributed by atoms with Crippen LogP contribution in [0.3, 0.4) is 0 Å². The lowest BCUT2D eigenvalue weighted by Crippen LogP contribution is -2.58. The van der Waals surface area contributed by atoms with Gasteiger partial charge in [-0.25, -0.2) is 4.79 Å². The molecule has 2 amide bonds. The third-order valence-electron chi connectivity index (χ3n) is 3.00. The Morgan fingerprint density at radius 1 is 1.35 bits per heavy atom. The molecule has 1 saturated heterocycles. The lowest BCUT2D eigenvalue weighted by Gasteiger charge is -2.31. The minimum Gasteiger partial charge on any atom is -0.444 e. The third-order valence-corrected chi connectivity index (χ3v) is 3.00. The minimum atomic E-state index is -3.97. The summed E-state index contributed by atoms with van der Waals surface area (Å²) in [5, 5.41) is 11.8. The van der Waals surface area contributed by atoms with Crippen LogP contribution < -0.4 is 5.32 Å². The van der Waals surface area contributed by atoms with Gasteiger partial charge >= 0.3 is 12.0 Å². The van der Waals surface area contributed by atoms with Crippen molar-refractivity contribution in [1.29, 1.82) is 0 Å². The number of nitrogens with one attached hydrogen (secondary N) is 1. The summed E-state index contributed by atoms with van der Waals surface area (Å²) in [6.45, 7) is 4.19. The highest BCUT2D eigenvalue weighted by molar-refractivity contribution is 5.85. The Kier molecular flexibility index (Phi) is 4.28. The summed E-state index contributed by atoms with van der Waals surface area (Å²) in [5.74, 6) is -5.55. The molecule has 1 heterocycles. The Bertz CT molecular complexity index is 409. The van der Waals surface area contributed by atoms with Gasteiger partial charge in [0.1, 0.15) is 5.60 Å². The summed E-state index contributed by atoms with van der Waals surface area (Å²) in [6.07, 6.45) is -1.19. The van der Waals surface area contributed by atoms with E-state index >= 15 is 0 Å². The number of alkyl halides is 2. The monoisotopic (exact) mass is 294 g/mol. The second kappa shape index (κ2) is 5.16. The van der Waals surface area contributed by atoms with E-state index in [4.69, 9.17) is 4.74 Å². The van der Waals surface area contributed by atoms with Crippen LogP contribution in [-0.4, -0.2) is 59.3 Å². The number of rotatable bonds is 2. The molecule has 1 aliphatic heterocycles. The van der Waals surface area contributed by atoms with E-state index in [-0.39, 0.29) is 6.54 Å². The van der Waals surface area contributed by atoms with Crippen molar-refractivity contribution in [2.24, 2.45) is 0 Å². The van der Waals surface area contributed by atoms with Gasteiger partial charge in [0.15, 0.2) is 5.60 Å². The van der Waals surface area contributed by atoms with Gasteiger partial charge in [-0.1, -0.05) is 0 Å². The SMILES string of the molecule is CNC(=O)C(F)(F)C1(O)CCN(C(=O)OC(C)(C)C)C1. The molecule has 20 heavy (non-hydrogen) atoms. The van der Waals surface area contributed by atoms with E-state index in [0.29, 0.717) is 0 Å². The molecule has 0 aliphatic carbocycles. The van der Waals surface area contributed by atoms with E-state index in [1.54, 1.807) is 26.1 Å². The van der Waals surface area contributed by atoms with Crippen molar-refractivity contribution in [3.63, 3.8) is 0 Å². The van der Waals surface area contributed by atoms with Gasteiger partial charge in [-0.05, 0) is 20.8 Å². The van der Waals surface area contributed by atoms with E-state index in [1.807, 2.05) is 0 Å². The fourth-order valence-corrected chi connectivity index (χ4v) is 1.90. The Morgan fingerprint density at radius 2 is 1.90 bits per heavy atom. The average Bonchev–Trinajstić information content (AvgIpc) is 2.70. The second-order valence-corrected chi connectivity index (χ2v) is 5.84. The Hall–Kier alpha value is -1.44. The fourth-order valence-electron chi connectivity index (χ4n) is 1.90. The fraction of sp³-hybridized carbons (Fsp3) is 0.833. The number of hydrogen-bond acceptors (Lipinski definition) is 4. The molecule has 1 unspecified atom stereocenters. The second-order valence-electron chi connectivity index (χ2n) is 5.84. The maximum Gasteiger partial charge on any atom is 0.410 e. The average molecular weight is 294 g/mol. The van der Waals surface area contributed by atoms with Crippen LogP contribution in [0, 0.1) is 0 Å². The van der Waals surface area contributed by atoms with Crippen molar-refractivity contribution in [3.8, 4) is 0 Å². The van der Waals surface area contributed by atoms with Crippen molar-refractivity contribution in [2.75, 3.05) is 20.1 Å². The van der Waals surface area contributed by atoms with Gasteiger partial charge in [-0.15, -0.1) is 0 Å². The summed E-state index contributed by atoms with van der Waals surface area (Å²) in [6, 6.07) is 0. The lowest BCUT2D eigenvalue weighted by molar-refractivity contribution is -0.188. The summed E-state index contributed by atoms with van der Waals surface area (Å²) < 4.78 is 32.7. The standard InChI is InChI=1S/C12H20F2N2O4/c1-10(2,3)20-9(18)16-6-5-11(19,7-16)12(13,14)8(17)15-4/h19H,5-7H2,1-4H3,(H,15,17). The molecule has 1 rings (SSSR count). The van der Waals surface area contributed by atoms with Crippen LogP contribution in [0.25, 0.3) is 0 Å². The van der Waals surface area contributed by atoms with Crippen molar-refractivity contribution in [1.82, 2.24) is 10.2 Å². The summed E-state index contributed by atoms with van der Waals surface area (Å²) >= 11 is 0. The minimum absolute atomic E-state index is 0.0992. The molecule has 0 aromatic heterocycles. The number of hydrogen-bond donors (Lipinski definition) is 2. The zero-order valence-corrected chi connectivity index (χ0v) is 12.0. The largest absolute Gasteiger partial charge is 0.444 e. The molecule has 1 fully saturated rings. The van der Waals surface area contributed by atoms with E-state index in [2.05, 4.69) is 0 Å². The normalized spacial score (nSPS) is 23.6. The first-order valence-electron chi connectivity index (χ1n) is 6.23. The van der Waals surface area contributed by atoms with Gasteiger partial charge in [0.25, 0.3) is 5.91 Å². The predicted molar refractivity (Wildman–Crippen MR) is 66.4 cm³/mol. The highest BCUT2D eigenvalue weighted by atomic mass is 19.3. The van der Waals surface area contributed by atoms with Crippen LogP contribution >= 0.6 is 0 Å². The highest BCUT2D eigenvalue weighted by Crippen LogP contribution is 2.37. The molecule has 0 aromatic rings. The van der Waals surface area contributed by atoms with Crippen molar-refractivity contribution in [2.45, 2.75) is 44.3 Å². The number of likely N-dealkylation sites (tertiary alicyclic amines) is 1. The zero-order valence-electron chi connectivity index (χ0n) is 12.0. The number of nitrogens with zero attached hydrogens (tertiary/aromatic N) is 1. The van der Waals surface area contributed by atoms with E-state index in [9.17, 15) is 23.5 Å². The first kappa shape index (κ1) is 16.6. The van der Waals surface area contributed by atoms with Crippen LogP contribution in [0.15, 0.2) is 0 Å². The first-order valence-corrected chi connectivity index (χ1v) is 6.23. The molecule has 2 N–H and O–H groups in total. The predicted octanol–water partition coefficient (Wildman–Crippen LogP) is 0.740. The number of amides is 2. The number of carbonyl (C=O) groups excluding carboxylic acids is 2. The molecule has 0 radical (unpaired) electrons. The number of carbonyl (C=O) groups is 2. The first-order chi connectivity index (χ1) is 8.93. The summed E-state index contributed by atoms with van der Waals surface area (Å²) in [7, 11) is 1.06. The molecular formula is C12H20F2N2O4. The van der Waals surface area contributed by atoms with Gasteiger partial charge in [0.05, 0.1) is 6.54 Å². The van der Waals surface area contributed by atoms with Gasteiger partial charge in [-0.3, -0.25) is 4.79 Å². The molecule has 0 saturated carbocycles. The lowest BCUT2D eigenvalue weighted by atomic mass is 9.94. The van der Waals surface area contributed by atoms with Crippen LogP contribution in [0.2, 0.25) is 0 Å². The van der Waals surface area contributed by atoms with E-state index in [1.165, 1.54) is 0 Å². The van der Waals surface area contributed by atoms with E-state index in [0.717, 1.165) is 11.9 Å². The molecule has 116 valence electrons. The maximum absolute atomic E-state index is 13.8. The van der Waals surface area contributed by atoms with Crippen LogP contribution in [0.4, 0.5) is 13.6 Å². The molecule has 0 bridgehead atoms. The molecule has 0 spiro atoms. The van der Waals surface area contributed by atoms with Crippen molar-refractivity contribution >= 4 is 12.0 Å². The third kappa shape index (κ3) is 3.17. The van der Waals surface area contributed by atoms with Crippen LogP contribution in [0.5, 0.6) is 0 Å². The van der Waals surface area contributed by atoms with E-state index < -0.39 is 42.1 Å². The van der Waals surface area contributed by atoms with Gasteiger partial charge < -0.3 is 20.1 Å². The molecule has 0 aromatic carbocycles. The Morgan fingerprint density at radius 3 is 2.35 bits per heavy atom. The number of aliphatic hydroxyl groups is 1. The van der Waals surface area contributed by atoms with Crippen LogP contribution in [-0.2, 0) is 9.53 Å². The van der Waals surface area contributed by atoms with Gasteiger partial charge in [0, 0.05) is 20.0 Å². The smallest absolute Gasteiger partial charge is 0.410 e. The Balaban J connectivity index is 2.80. The topological polar surface area (TPSA) is 78.9 Å². The van der Waals surface area contributed by atoms with Crippen LogP contribution in [0.1, 0.15) is 27.2 Å². The molecule has 6 nitrogen and oxygen atoms in total. The number of halogens is 2. The Labute approximate surface area is 116 Å². The zero-order chi connectivity index (χ0) is 15.8.